The average molecular weight is 446 g/mol. The fraction of sp³-hybridized carbons (Fsp3) is 0.0870. The van der Waals surface area contributed by atoms with Crippen molar-refractivity contribution in [3.05, 3.63) is 90.5 Å². The number of para-hydroxylation sites is 1. The van der Waals surface area contributed by atoms with E-state index in [0.29, 0.717) is 11.1 Å². The summed E-state index contributed by atoms with van der Waals surface area (Å²) in [4.78, 5) is 17.0. The van der Waals surface area contributed by atoms with Gasteiger partial charge in [0.2, 0.25) is 9.84 Å². The molecule has 2 aromatic carbocycles. The fourth-order valence-corrected chi connectivity index (χ4v) is 5.18. The Bertz CT molecular complexity index is 1570. The number of hydrogen-bond donors (Lipinski definition) is 1. The first kappa shape index (κ1) is 20.0. The molecule has 3 aromatic heterocycles. The highest BCUT2D eigenvalue weighted by molar-refractivity contribution is 7.91. The number of sulfone groups is 1. The first-order valence-electron chi connectivity index (χ1n) is 9.89. The number of rotatable bonds is 5. The van der Waals surface area contributed by atoms with Gasteiger partial charge in [-0.3, -0.25) is 9.48 Å². The first-order chi connectivity index (χ1) is 15.4. The van der Waals surface area contributed by atoms with Crippen LogP contribution in [0.5, 0.6) is 0 Å². The van der Waals surface area contributed by atoms with Crippen LogP contribution < -0.4 is 5.32 Å². The molecule has 32 heavy (non-hydrogen) atoms. The Morgan fingerprint density at radius 2 is 1.88 bits per heavy atom. The van der Waals surface area contributed by atoms with Gasteiger partial charge in [-0.1, -0.05) is 24.3 Å². The van der Waals surface area contributed by atoms with Crippen LogP contribution in [0.25, 0.3) is 16.6 Å². The zero-order valence-electron chi connectivity index (χ0n) is 17.1. The van der Waals surface area contributed by atoms with E-state index in [4.69, 9.17) is 0 Å². The quantitative estimate of drug-likeness (QED) is 0.448. The topological polar surface area (TPSA) is 98.4 Å². The number of pyridine rings is 1. The van der Waals surface area contributed by atoms with Gasteiger partial charge >= 0.3 is 0 Å². The van der Waals surface area contributed by atoms with Gasteiger partial charge in [-0.15, -0.1) is 0 Å². The van der Waals surface area contributed by atoms with Crippen molar-refractivity contribution in [3.8, 4) is 0 Å². The monoisotopic (exact) mass is 445 g/mol. The van der Waals surface area contributed by atoms with E-state index in [0.717, 1.165) is 16.6 Å². The number of fused-ring (bicyclic) bond motifs is 2. The predicted molar refractivity (Wildman–Crippen MR) is 119 cm³/mol. The average Bonchev–Trinajstić information content (AvgIpc) is 3.43. The maximum absolute atomic E-state index is 13.2. The molecule has 0 aliphatic carbocycles. The molecular weight excluding hydrogens is 426 g/mol. The Morgan fingerprint density at radius 3 is 2.69 bits per heavy atom. The van der Waals surface area contributed by atoms with E-state index in [-0.39, 0.29) is 22.2 Å². The van der Waals surface area contributed by atoms with Crippen LogP contribution in [0, 0.1) is 0 Å². The number of carbonyl (C=O) groups is 1. The van der Waals surface area contributed by atoms with E-state index in [1.54, 1.807) is 89.4 Å². The lowest BCUT2D eigenvalue weighted by molar-refractivity contribution is 0.0950. The number of carbonyl (C=O) groups excluding carboxylic acids is 1. The summed E-state index contributed by atoms with van der Waals surface area (Å²) in [7, 11) is -2.00. The van der Waals surface area contributed by atoms with Crippen molar-refractivity contribution in [1.82, 2.24) is 24.5 Å². The minimum Gasteiger partial charge on any atom is -0.348 e. The van der Waals surface area contributed by atoms with Crippen molar-refractivity contribution < 1.29 is 13.2 Å². The lowest BCUT2D eigenvalue weighted by Crippen LogP contribution is -2.23. The van der Waals surface area contributed by atoms with Crippen molar-refractivity contribution in [1.29, 1.82) is 0 Å². The van der Waals surface area contributed by atoms with Crippen molar-refractivity contribution in [3.63, 3.8) is 0 Å². The van der Waals surface area contributed by atoms with Gasteiger partial charge in [-0.05, 0) is 35.9 Å². The van der Waals surface area contributed by atoms with Crippen LogP contribution in [0.1, 0.15) is 15.9 Å². The summed E-state index contributed by atoms with van der Waals surface area (Å²) in [6.07, 6.45) is 6.80. The number of hydrogen-bond acceptors (Lipinski definition) is 5. The Balaban J connectivity index is 1.34. The second-order valence-corrected chi connectivity index (χ2v) is 9.32. The molecule has 0 unspecified atom stereocenters. The van der Waals surface area contributed by atoms with Gasteiger partial charge in [0.15, 0.2) is 0 Å². The Labute approximate surface area is 184 Å². The van der Waals surface area contributed by atoms with Crippen molar-refractivity contribution in [2.45, 2.75) is 16.3 Å². The van der Waals surface area contributed by atoms with E-state index < -0.39 is 9.84 Å². The van der Waals surface area contributed by atoms with E-state index in [9.17, 15) is 13.2 Å². The van der Waals surface area contributed by atoms with E-state index in [1.165, 1.54) is 0 Å². The smallest absolute Gasteiger partial charge is 0.253 e. The second-order valence-electron chi connectivity index (χ2n) is 7.40. The highest BCUT2D eigenvalue weighted by Crippen LogP contribution is 2.28. The van der Waals surface area contributed by atoms with Gasteiger partial charge in [-0.25, -0.2) is 13.4 Å². The van der Waals surface area contributed by atoms with Crippen molar-refractivity contribution in [2.75, 3.05) is 0 Å². The summed E-state index contributed by atoms with van der Waals surface area (Å²) in [5, 5.41) is 7.79. The molecule has 3 heterocycles. The zero-order chi connectivity index (χ0) is 22.3. The van der Waals surface area contributed by atoms with Crippen LogP contribution in [0.3, 0.4) is 0 Å². The SMILES string of the molecule is Cn1ncc2cccc(S(=O)(=O)c3ccc(CNC(=O)c4ccc5nccn5c4)cc3)c21. The fourth-order valence-electron chi connectivity index (χ4n) is 3.67. The van der Waals surface area contributed by atoms with Gasteiger partial charge in [0, 0.05) is 37.6 Å². The third kappa shape index (κ3) is 3.42. The van der Waals surface area contributed by atoms with Crippen LogP contribution in [-0.4, -0.2) is 33.5 Å². The van der Waals surface area contributed by atoms with Crippen LogP contribution in [0.2, 0.25) is 0 Å². The van der Waals surface area contributed by atoms with E-state index >= 15 is 0 Å². The number of aryl methyl sites for hydroxylation is 1. The summed E-state index contributed by atoms with van der Waals surface area (Å²) >= 11 is 0. The summed E-state index contributed by atoms with van der Waals surface area (Å²) < 4.78 is 29.8. The molecule has 9 heteroatoms. The minimum absolute atomic E-state index is 0.187. The van der Waals surface area contributed by atoms with Gasteiger partial charge in [0.05, 0.1) is 27.1 Å². The largest absolute Gasteiger partial charge is 0.348 e. The van der Waals surface area contributed by atoms with E-state index in [2.05, 4.69) is 15.4 Å². The molecule has 0 radical (unpaired) electrons. The molecule has 0 saturated heterocycles. The molecule has 0 aliphatic rings. The van der Waals surface area contributed by atoms with Gasteiger partial charge in [0.1, 0.15) is 5.65 Å². The Hall–Kier alpha value is -3.98. The predicted octanol–water partition coefficient (Wildman–Crippen LogP) is 2.98. The lowest BCUT2D eigenvalue weighted by atomic mass is 10.2. The Morgan fingerprint density at radius 1 is 1.06 bits per heavy atom. The number of amides is 1. The molecule has 1 N–H and O–H groups in total. The maximum Gasteiger partial charge on any atom is 0.253 e. The van der Waals surface area contributed by atoms with Crippen LogP contribution in [0.15, 0.2) is 89.2 Å². The third-order valence-corrected chi connectivity index (χ3v) is 7.15. The number of aromatic nitrogens is 4. The third-order valence-electron chi connectivity index (χ3n) is 5.35. The normalized spacial score (nSPS) is 11.8. The molecule has 0 bridgehead atoms. The molecule has 8 nitrogen and oxygen atoms in total. The molecule has 5 aromatic rings. The molecule has 0 atom stereocenters. The maximum atomic E-state index is 13.2. The molecule has 0 fully saturated rings. The molecule has 1 amide bonds. The number of benzene rings is 2. The highest BCUT2D eigenvalue weighted by atomic mass is 32.2. The highest BCUT2D eigenvalue weighted by Gasteiger charge is 2.22. The van der Waals surface area contributed by atoms with Crippen molar-refractivity contribution in [2.24, 2.45) is 7.05 Å². The van der Waals surface area contributed by atoms with Gasteiger partial charge < -0.3 is 9.72 Å². The molecule has 5 rings (SSSR count). The molecule has 0 aliphatic heterocycles. The summed E-state index contributed by atoms with van der Waals surface area (Å²) in [5.41, 5.74) is 2.64. The first-order valence-corrected chi connectivity index (χ1v) is 11.4. The number of nitrogens with one attached hydrogen (secondary N) is 1. The summed E-state index contributed by atoms with van der Waals surface area (Å²) in [6.45, 7) is 0.276. The summed E-state index contributed by atoms with van der Waals surface area (Å²) in [6, 6.07) is 15.1. The second kappa shape index (κ2) is 7.61. The zero-order valence-corrected chi connectivity index (χ0v) is 18.0. The minimum atomic E-state index is -3.72. The molecule has 0 saturated carbocycles. The number of nitrogens with zero attached hydrogens (tertiary/aromatic N) is 4. The van der Waals surface area contributed by atoms with Gasteiger partial charge in [0.25, 0.3) is 5.91 Å². The lowest BCUT2D eigenvalue weighted by Gasteiger charge is -2.09. The number of imidazole rings is 1. The van der Waals surface area contributed by atoms with Crippen LogP contribution in [-0.2, 0) is 23.4 Å². The van der Waals surface area contributed by atoms with Crippen LogP contribution in [0.4, 0.5) is 0 Å². The van der Waals surface area contributed by atoms with Crippen molar-refractivity contribution >= 4 is 32.3 Å². The van der Waals surface area contributed by atoms with E-state index in [1.807, 2.05) is 6.07 Å². The molecule has 160 valence electrons. The molecule has 0 spiro atoms. The van der Waals surface area contributed by atoms with Gasteiger partial charge in [-0.2, -0.15) is 5.10 Å². The molecular formula is C23H19N5O3S. The summed E-state index contributed by atoms with van der Waals surface area (Å²) in [5.74, 6) is -0.222. The van der Waals surface area contributed by atoms with Crippen LogP contribution >= 0.6 is 0 Å². The Kier molecular flexibility index (Phi) is 4.75. The standard InChI is InChI=1S/C23H19N5O3S/c1-27-22-17(14-26-27)3-2-4-20(22)32(30,31)19-8-5-16(6-9-19)13-25-23(29)18-7-10-21-24-11-12-28(21)15-18/h2-12,14-15H,13H2,1H3,(H,25,29).